The fourth-order valence-electron chi connectivity index (χ4n) is 3.31. The van der Waals surface area contributed by atoms with E-state index in [1.807, 2.05) is 18.2 Å². The van der Waals surface area contributed by atoms with Crippen LogP contribution in [0.5, 0.6) is 5.75 Å². The highest BCUT2D eigenvalue weighted by Gasteiger charge is 2.15. The fourth-order valence-corrected chi connectivity index (χ4v) is 3.31. The van der Waals surface area contributed by atoms with Gasteiger partial charge in [0.1, 0.15) is 17.1 Å². The van der Waals surface area contributed by atoms with Gasteiger partial charge in [0.25, 0.3) is 0 Å². The molecule has 1 atom stereocenters. The molecule has 0 aliphatic carbocycles. The highest BCUT2D eigenvalue weighted by atomic mass is 16.5. The third-order valence-electron chi connectivity index (χ3n) is 4.62. The number of nitrogens with one attached hydrogen (secondary N) is 1. The molecule has 0 amide bonds. The van der Waals surface area contributed by atoms with Crippen LogP contribution < -0.4 is 10.1 Å². The molecule has 3 heteroatoms. The van der Waals surface area contributed by atoms with Gasteiger partial charge in [0.2, 0.25) is 0 Å². The minimum atomic E-state index is -0.167. The number of furan rings is 1. The van der Waals surface area contributed by atoms with Crippen molar-refractivity contribution >= 4 is 0 Å². The van der Waals surface area contributed by atoms with E-state index in [0.717, 1.165) is 37.4 Å². The van der Waals surface area contributed by atoms with Crippen molar-refractivity contribution in [1.82, 2.24) is 5.32 Å². The molecule has 1 aromatic heterocycles. The maximum atomic E-state index is 5.88. The van der Waals surface area contributed by atoms with Gasteiger partial charge in [0, 0.05) is 12.5 Å². The second kappa shape index (κ2) is 9.61. The topological polar surface area (TPSA) is 34.4 Å². The predicted molar refractivity (Wildman–Crippen MR) is 115 cm³/mol. The SMILES string of the molecule is CC(C)(C)Oc1ccc(CNCC[C@@H](Cc2ccccc2)c2ccco2)cc1. The lowest BCUT2D eigenvalue weighted by atomic mass is 9.94. The minimum Gasteiger partial charge on any atom is -0.488 e. The summed E-state index contributed by atoms with van der Waals surface area (Å²) in [6, 6.07) is 23.0. The number of ether oxygens (including phenoxy) is 1. The van der Waals surface area contributed by atoms with E-state index in [1.54, 1.807) is 6.26 Å². The Morgan fingerprint density at radius 3 is 2.29 bits per heavy atom. The Kier molecular flexibility index (Phi) is 6.94. The van der Waals surface area contributed by atoms with Crippen LogP contribution in [-0.4, -0.2) is 12.1 Å². The Morgan fingerprint density at radius 1 is 0.893 bits per heavy atom. The maximum Gasteiger partial charge on any atom is 0.120 e. The second-order valence-corrected chi connectivity index (χ2v) is 8.23. The van der Waals surface area contributed by atoms with E-state index in [4.69, 9.17) is 9.15 Å². The largest absolute Gasteiger partial charge is 0.488 e. The van der Waals surface area contributed by atoms with E-state index in [1.165, 1.54) is 11.1 Å². The monoisotopic (exact) mass is 377 g/mol. The van der Waals surface area contributed by atoms with Crippen LogP contribution in [-0.2, 0) is 13.0 Å². The zero-order valence-corrected chi connectivity index (χ0v) is 17.2. The fraction of sp³-hybridized carbons (Fsp3) is 0.360. The number of hydrogen-bond acceptors (Lipinski definition) is 3. The molecule has 3 nitrogen and oxygen atoms in total. The average molecular weight is 378 g/mol. The molecule has 0 spiro atoms. The van der Waals surface area contributed by atoms with Gasteiger partial charge in [-0.05, 0) is 75.5 Å². The van der Waals surface area contributed by atoms with Gasteiger partial charge >= 0.3 is 0 Å². The van der Waals surface area contributed by atoms with Gasteiger partial charge < -0.3 is 14.5 Å². The third kappa shape index (κ3) is 6.58. The summed E-state index contributed by atoms with van der Waals surface area (Å²) in [5.41, 5.74) is 2.44. The summed E-state index contributed by atoms with van der Waals surface area (Å²) in [5.74, 6) is 2.36. The first kappa shape index (κ1) is 20.2. The molecule has 0 aliphatic heterocycles. The number of hydrogen-bond donors (Lipinski definition) is 1. The van der Waals surface area contributed by atoms with Crippen molar-refractivity contribution in [3.05, 3.63) is 89.9 Å². The van der Waals surface area contributed by atoms with E-state index in [-0.39, 0.29) is 5.60 Å². The smallest absolute Gasteiger partial charge is 0.120 e. The molecular weight excluding hydrogens is 346 g/mol. The molecule has 0 saturated heterocycles. The van der Waals surface area contributed by atoms with Crippen LogP contribution in [0, 0.1) is 0 Å². The van der Waals surface area contributed by atoms with Gasteiger partial charge in [-0.2, -0.15) is 0 Å². The number of benzene rings is 2. The van der Waals surface area contributed by atoms with Crippen molar-refractivity contribution in [1.29, 1.82) is 0 Å². The summed E-state index contributed by atoms with van der Waals surface area (Å²) in [7, 11) is 0. The molecule has 3 aromatic rings. The van der Waals surface area contributed by atoms with Gasteiger partial charge in [-0.3, -0.25) is 0 Å². The van der Waals surface area contributed by atoms with Crippen molar-refractivity contribution in [2.45, 2.75) is 51.7 Å². The summed E-state index contributed by atoms with van der Waals surface area (Å²) in [6.07, 6.45) is 3.80. The molecule has 0 aliphatic rings. The van der Waals surface area contributed by atoms with Crippen molar-refractivity contribution in [2.24, 2.45) is 0 Å². The van der Waals surface area contributed by atoms with Gasteiger partial charge in [0.05, 0.1) is 6.26 Å². The molecule has 2 aromatic carbocycles. The zero-order valence-electron chi connectivity index (χ0n) is 17.2. The summed E-state index contributed by atoms with van der Waals surface area (Å²) < 4.78 is 11.6. The Morgan fingerprint density at radius 2 is 1.64 bits per heavy atom. The Bertz CT molecular complexity index is 802. The summed E-state index contributed by atoms with van der Waals surface area (Å²) >= 11 is 0. The van der Waals surface area contributed by atoms with Gasteiger partial charge in [0.15, 0.2) is 0 Å². The quantitative estimate of drug-likeness (QED) is 0.467. The average Bonchev–Trinajstić information content (AvgIpc) is 3.20. The highest BCUT2D eigenvalue weighted by molar-refractivity contribution is 5.27. The van der Waals surface area contributed by atoms with Gasteiger partial charge in [-0.25, -0.2) is 0 Å². The van der Waals surface area contributed by atoms with Crippen LogP contribution in [0.4, 0.5) is 0 Å². The summed E-state index contributed by atoms with van der Waals surface area (Å²) in [5, 5.41) is 3.57. The molecule has 0 unspecified atom stereocenters. The minimum absolute atomic E-state index is 0.167. The maximum absolute atomic E-state index is 5.88. The van der Waals surface area contributed by atoms with E-state index in [9.17, 15) is 0 Å². The molecule has 1 heterocycles. The summed E-state index contributed by atoms with van der Waals surface area (Å²) in [4.78, 5) is 0. The molecule has 148 valence electrons. The first-order chi connectivity index (χ1) is 13.5. The lowest BCUT2D eigenvalue weighted by molar-refractivity contribution is 0.131. The molecule has 0 fully saturated rings. The van der Waals surface area contributed by atoms with E-state index >= 15 is 0 Å². The van der Waals surface area contributed by atoms with Crippen LogP contribution in [0.3, 0.4) is 0 Å². The normalized spacial score (nSPS) is 12.7. The molecule has 0 saturated carbocycles. The standard InChI is InChI=1S/C25H31NO2/c1-25(2,3)28-23-13-11-21(12-14-23)19-26-16-15-22(24-10-7-17-27-24)18-20-8-5-4-6-9-20/h4-14,17,22,26H,15-16,18-19H2,1-3H3/t22-/m0/s1. The zero-order chi connectivity index (χ0) is 19.8. The molecular formula is C25H31NO2. The van der Waals surface area contributed by atoms with Gasteiger partial charge in [-0.1, -0.05) is 42.5 Å². The Hall–Kier alpha value is -2.52. The van der Waals surface area contributed by atoms with Gasteiger partial charge in [-0.15, -0.1) is 0 Å². The Balaban J connectivity index is 1.49. The lowest BCUT2D eigenvalue weighted by Gasteiger charge is -2.21. The highest BCUT2D eigenvalue weighted by Crippen LogP contribution is 2.24. The van der Waals surface area contributed by atoms with E-state index in [2.05, 4.69) is 74.6 Å². The van der Waals surface area contributed by atoms with Crippen LogP contribution in [0.15, 0.2) is 77.4 Å². The first-order valence-electron chi connectivity index (χ1n) is 10.1. The first-order valence-corrected chi connectivity index (χ1v) is 10.1. The second-order valence-electron chi connectivity index (χ2n) is 8.23. The predicted octanol–water partition coefficient (Wildman–Crippen LogP) is 5.96. The van der Waals surface area contributed by atoms with Crippen molar-refractivity contribution < 1.29 is 9.15 Å². The van der Waals surface area contributed by atoms with Crippen LogP contribution in [0.25, 0.3) is 0 Å². The molecule has 3 rings (SSSR count). The van der Waals surface area contributed by atoms with Crippen LogP contribution >= 0.6 is 0 Å². The van der Waals surface area contributed by atoms with E-state index in [0.29, 0.717) is 5.92 Å². The molecule has 28 heavy (non-hydrogen) atoms. The van der Waals surface area contributed by atoms with E-state index < -0.39 is 0 Å². The van der Waals surface area contributed by atoms with Crippen molar-refractivity contribution in [3.63, 3.8) is 0 Å². The molecule has 0 bridgehead atoms. The van der Waals surface area contributed by atoms with Crippen molar-refractivity contribution in [2.75, 3.05) is 6.54 Å². The number of rotatable bonds is 9. The van der Waals surface area contributed by atoms with Crippen LogP contribution in [0.1, 0.15) is 50.0 Å². The summed E-state index contributed by atoms with van der Waals surface area (Å²) in [6.45, 7) is 7.98. The molecule has 0 radical (unpaired) electrons. The third-order valence-corrected chi connectivity index (χ3v) is 4.62. The van der Waals surface area contributed by atoms with Crippen molar-refractivity contribution in [3.8, 4) is 5.75 Å². The van der Waals surface area contributed by atoms with Crippen LogP contribution in [0.2, 0.25) is 0 Å². The molecule has 1 N–H and O–H groups in total. The lowest BCUT2D eigenvalue weighted by Crippen LogP contribution is -2.23. The Labute approximate surface area is 168 Å².